The highest BCUT2D eigenvalue weighted by Gasteiger charge is 2.51. The highest BCUT2D eigenvalue weighted by atomic mass is 35.5. The lowest BCUT2D eigenvalue weighted by atomic mass is 9.95. The summed E-state index contributed by atoms with van der Waals surface area (Å²) in [5.74, 6) is -0.955. The maximum atomic E-state index is 11.4. The maximum absolute atomic E-state index is 11.4. The second-order valence-corrected chi connectivity index (χ2v) is 4.99. The van der Waals surface area contributed by atoms with Crippen LogP contribution in [-0.2, 0) is 10.5 Å². The Kier molecular flexibility index (Phi) is 5.70. The summed E-state index contributed by atoms with van der Waals surface area (Å²) in [5.41, 5.74) is -2.79. The molecule has 2 unspecified atom stereocenters. The minimum absolute atomic E-state index is 0.0926. The number of nitrogens with zero attached hydrogens (tertiary/aromatic N) is 1. The summed E-state index contributed by atoms with van der Waals surface area (Å²) < 4.78 is 0. The van der Waals surface area contributed by atoms with Crippen LogP contribution in [0, 0.1) is 10.1 Å². The lowest BCUT2D eigenvalue weighted by molar-refractivity contribution is -0.641. The van der Waals surface area contributed by atoms with Crippen LogP contribution < -0.4 is 5.32 Å². The van der Waals surface area contributed by atoms with Gasteiger partial charge in [0.15, 0.2) is 10.9 Å². The number of amides is 1. The van der Waals surface area contributed by atoms with Gasteiger partial charge >= 0.3 is 5.72 Å². The van der Waals surface area contributed by atoms with E-state index in [0.29, 0.717) is 0 Å². The van der Waals surface area contributed by atoms with Gasteiger partial charge in [-0.1, -0.05) is 41.4 Å². The average Bonchev–Trinajstić information content (AvgIpc) is 2.44. The van der Waals surface area contributed by atoms with Crippen molar-refractivity contribution in [1.82, 2.24) is 5.32 Å². The number of carbonyl (C=O) groups is 1. The summed E-state index contributed by atoms with van der Waals surface area (Å²) in [7, 11) is 0. The van der Waals surface area contributed by atoms with Crippen molar-refractivity contribution in [2.75, 3.05) is 6.61 Å². The maximum Gasteiger partial charge on any atom is 0.371 e. The van der Waals surface area contributed by atoms with Crippen LogP contribution in [0.25, 0.3) is 0 Å². The van der Waals surface area contributed by atoms with Gasteiger partial charge in [-0.15, -0.1) is 0 Å². The van der Waals surface area contributed by atoms with E-state index in [-0.39, 0.29) is 5.56 Å². The quantitative estimate of drug-likeness (QED) is 0.303. The van der Waals surface area contributed by atoms with Crippen LogP contribution in [0.4, 0.5) is 0 Å². The van der Waals surface area contributed by atoms with E-state index in [0.717, 1.165) is 0 Å². The number of nitro groups is 1. The molecule has 1 aromatic carbocycles. The Morgan fingerprint density at radius 1 is 1.40 bits per heavy atom. The minimum Gasteiger partial charge on any atom is -0.394 e. The van der Waals surface area contributed by atoms with E-state index in [1.807, 2.05) is 5.32 Å². The molecule has 7 nitrogen and oxygen atoms in total. The van der Waals surface area contributed by atoms with Gasteiger partial charge in [0.2, 0.25) is 0 Å². The summed E-state index contributed by atoms with van der Waals surface area (Å²) in [5, 5.41) is 32.8. The van der Waals surface area contributed by atoms with Gasteiger partial charge in [-0.25, -0.2) is 0 Å². The van der Waals surface area contributed by atoms with Crippen LogP contribution >= 0.6 is 23.2 Å². The molecular weight excluding hydrogens is 311 g/mol. The normalized spacial score (nSPS) is 15.4. The Morgan fingerprint density at radius 2 is 1.95 bits per heavy atom. The Bertz CT molecular complexity index is 485. The lowest BCUT2D eigenvalue weighted by Gasteiger charge is -2.28. The topological polar surface area (TPSA) is 113 Å². The van der Waals surface area contributed by atoms with Gasteiger partial charge in [0.05, 0.1) is 17.1 Å². The number of rotatable bonds is 6. The first kappa shape index (κ1) is 16.6. The first-order valence-corrected chi connectivity index (χ1v) is 6.33. The van der Waals surface area contributed by atoms with E-state index in [1.165, 1.54) is 24.3 Å². The molecule has 3 N–H and O–H groups in total. The van der Waals surface area contributed by atoms with E-state index in [4.69, 9.17) is 23.2 Å². The zero-order chi connectivity index (χ0) is 15.3. The molecule has 1 amide bonds. The molecule has 0 aliphatic heterocycles. The van der Waals surface area contributed by atoms with Crippen molar-refractivity contribution in [2.45, 2.75) is 16.6 Å². The van der Waals surface area contributed by atoms with Crippen molar-refractivity contribution in [2.24, 2.45) is 0 Å². The third kappa shape index (κ3) is 3.37. The zero-order valence-electron chi connectivity index (χ0n) is 10.1. The SMILES string of the molecule is O=C(NC(CO)C(O)(c1ccccc1)[N+](=O)[O-])C(Cl)Cl. The molecule has 110 valence electrons. The molecule has 0 aromatic heterocycles. The standard InChI is InChI=1S/C11H12Cl2N2O5/c12-9(13)10(17)14-8(6-16)11(18,15(19)20)7-4-2-1-3-5-7/h1-5,8-9,16,18H,6H2,(H,14,17). The van der Waals surface area contributed by atoms with Gasteiger partial charge in [0, 0.05) is 0 Å². The van der Waals surface area contributed by atoms with Crippen LogP contribution in [0.3, 0.4) is 0 Å². The van der Waals surface area contributed by atoms with Crippen molar-refractivity contribution >= 4 is 29.1 Å². The van der Waals surface area contributed by atoms with E-state index >= 15 is 0 Å². The zero-order valence-corrected chi connectivity index (χ0v) is 11.6. The fourth-order valence-electron chi connectivity index (χ4n) is 1.63. The molecule has 0 aliphatic rings. The van der Waals surface area contributed by atoms with Gasteiger partial charge in [0.1, 0.15) is 0 Å². The number of benzene rings is 1. The van der Waals surface area contributed by atoms with Gasteiger partial charge in [-0.05, 0) is 12.1 Å². The molecule has 2 atom stereocenters. The van der Waals surface area contributed by atoms with E-state index in [2.05, 4.69) is 0 Å². The Balaban J connectivity index is 3.17. The fourth-order valence-corrected chi connectivity index (χ4v) is 1.75. The monoisotopic (exact) mass is 322 g/mol. The first-order valence-electron chi connectivity index (χ1n) is 5.45. The largest absolute Gasteiger partial charge is 0.394 e. The van der Waals surface area contributed by atoms with E-state index in [9.17, 15) is 25.1 Å². The first-order chi connectivity index (χ1) is 9.33. The summed E-state index contributed by atoms with van der Waals surface area (Å²) in [6.07, 6.45) is 0. The highest BCUT2D eigenvalue weighted by Crippen LogP contribution is 2.26. The van der Waals surface area contributed by atoms with Crippen molar-refractivity contribution in [3.05, 3.63) is 46.0 Å². The van der Waals surface area contributed by atoms with Crippen LogP contribution in [0.5, 0.6) is 0 Å². The van der Waals surface area contributed by atoms with Gasteiger partial charge in [0.25, 0.3) is 5.91 Å². The molecule has 0 bridgehead atoms. The number of aliphatic hydroxyl groups is 2. The number of aliphatic hydroxyl groups excluding tert-OH is 1. The molecule has 0 aliphatic carbocycles. The second-order valence-electron chi connectivity index (χ2n) is 3.89. The molecule has 0 saturated heterocycles. The molecule has 20 heavy (non-hydrogen) atoms. The number of halogens is 2. The van der Waals surface area contributed by atoms with Crippen LogP contribution in [-0.4, -0.2) is 38.5 Å². The molecule has 0 heterocycles. The molecule has 0 radical (unpaired) electrons. The number of hydrogen-bond acceptors (Lipinski definition) is 5. The van der Waals surface area contributed by atoms with Gasteiger partial charge < -0.3 is 15.5 Å². The number of alkyl halides is 2. The molecule has 0 spiro atoms. The van der Waals surface area contributed by atoms with Gasteiger partial charge in [-0.2, -0.15) is 0 Å². The number of carbonyl (C=O) groups excluding carboxylic acids is 1. The predicted octanol–water partition coefficient (Wildman–Crippen LogP) is 0.389. The van der Waals surface area contributed by atoms with Crippen molar-refractivity contribution in [1.29, 1.82) is 0 Å². The molecule has 1 rings (SSSR count). The average molecular weight is 323 g/mol. The summed E-state index contributed by atoms with van der Waals surface area (Å²) in [4.78, 5) is 20.1. The lowest BCUT2D eigenvalue weighted by Crippen LogP contribution is -2.57. The van der Waals surface area contributed by atoms with Crippen molar-refractivity contribution in [3.63, 3.8) is 0 Å². The third-order valence-electron chi connectivity index (χ3n) is 2.66. The molecule has 9 heteroatoms. The molecular formula is C11H12Cl2N2O5. The van der Waals surface area contributed by atoms with Crippen LogP contribution in [0.1, 0.15) is 5.56 Å². The summed E-state index contributed by atoms with van der Waals surface area (Å²) in [6, 6.07) is 5.56. The van der Waals surface area contributed by atoms with Gasteiger partial charge in [-0.3, -0.25) is 14.9 Å². The smallest absolute Gasteiger partial charge is 0.371 e. The Morgan fingerprint density at radius 3 is 2.35 bits per heavy atom. The predicted molar refractivity (Wildman–Crippen MR) is 71.8 cm³/mol. The highest BCUT2D eigenvalue weighted by molar-refractivity contribution is 6.53. The van der Waals surface area contributed by atoms with E-state index in [1.54, 1.807) is 6.07 Å². The third-order valence-corrected chi connectivity index (χ3v) is 3.06. The van der Waals surface area contributed by atoms with Crippen molar-refractivity contribution < 1.29 is 19.9 Å². The minimum atomic E-state index is -2.70. The number of nitrogens with one attached hydrogen (secondary N) is 1. The second kappa shape index (κ2) is 6.85. The van der Waals surface area contributed by atoms with E-state index < -0.39 is 34.0 Å². The molecule has 1 aromatic rings. The van der Waals surface area contributed by atoms with Crippen molar-refractivity contribution in [3.8, 4) is 0 Å². The Hall–Kier alpha value is -1.41. The Labute approximate surface area is 124 Å². The summed E-state index contributed by atoms with van der Waals surface area (Å²) in [6.45, 7) is -0.876. The number of hydrogen-bond donors (Lipinski definition) is 3. The molecule has 0 fully saturated rings. The fraction of sp³-hybridized carbons (Fsp3) is 0.364. The molecule has 0 saturated carbocycles. The van der Waals surface area contributed by atoms with Crippen LogP contribution in [0.15, 0.2) is 30.3 Å². The summed E-state index contributed by atoms with van der Waals surface area (Å²) >= 11 is 10.7. The van der Waals surface area contributed by atoms with Crippen LogP contribution in [0.2, 0.25) is 0 Å².